The highest BCUT2D eigenvalue weighted by Crippen LogP contribution is 2.33. The molecule has 0 bridgehead atoms. The number of anilines is 1. The number of carboxylic acid groups (broad SMARTS) is 1. The number of nitrogens with zero attached hydrogens (tertiary/aromatic N) is 1. The molecule has 6 nitrogen and oxygen atoms in total. The minimum atomic E-state index is -1.18. The van der Waals surface area contributed by atoms with Crippen molar-refractivity contribution in [2.75, 3.05) is 18.1 Å². The van der Waals surface area contributed by atoms with Crippen LogP contribution in [0.25, 0.3) is 0 Å². The molecule has 1 aliphatic rings. The zero-order chi connectivity index (χ0) is 24.0. The fourth-order valence-electron chi connectivity index (χ4n) is 4.25. The van der Waals surface area contributed by atoms with Gasteiger partial charge < -0.3 is 14.7 Å². The van der Waals surface area contributed by atoms with Gasteiger partial charge in [0.2, 0.25) is 5.91 Å². The summed E-state index contributed by atoms with van der Waals surface area (Å²) >= 11 is 0. The van der Waals surface area contributed by atoms with Gasteiger partial charge in [-0.15, -0.1) is 0 Å². The molecule has 0 radical (unpaired) electrons. The molecular weight excluding hydrogens is 432 g/mol. The molecule has 2 aromatic rings. The van der Waals surface area contributed by atoms with Gasteiger partial charge in [-0.2, -0.15) is 0 Å². The van der Waals surface area contributed by atoms with Crippen LogP contribution in [0.5, 0.6) is 0 Å². The number of esters is 1. The highest BCUT2D eigenvalue weighted by molar-refractivity contribution is 6.00. The van der Waals surface area contributed by atoms with Crippen LogP contribution in [0.1, 0.15) is 37.3 Å². The van der Waals surface area contributed by atoms with Crippen LogP contribution in [0, 0.1) is 23.5 Å². The Morgan fingerprint density at radius 3 is 2.52 bits per heavy atom. The number of hydrogen-bond donors (Lipinski definition) is 1. The Morgan fingerprint density at radius 1 is 1.15 bits per heavy atom. The molecule has 0 spiro atoms. The van der Waals surface area contributed by atoms with Crippen LogP contribution in [0.15, 0.2) is 42.5 Å². The van der Waals surface area contributed by atoms with Crippen LogP contribution < -0.4 is 4.90 Å². The van der Waals surface area contributed by atoms with Gasteiger partial charge in [-0.3, -0.25) is 14.4 Å². The van der Waals surface area contributed by atoms with Crippen molar-refractivity contribution < 1.29 is 33.0 Å². The summed E-state index contributed by atoms with van der Waals surface area (Å²) in [6.07, 6.45) is 1.82. The zero-order valence-corrected chi connectivity index (χ0v) is 18.4. The van der Waals surface area contributed by atoms with Crippen molar-refractivity contribution in [2.24, 2.45) is 11.8 Å². The first-order valence-electron chi connectivity index (χ1n) is 11.0. The van der Waals surface area contributed by atoms with Crippen LogP contribution in [0.3, 0.4) is 0 Å². The maximum atomic E-state index is 13.8. The van der Waals surface area contributed by atoms with E-state index in [-0.39, 0.29) is 18.8 Å². The molecule has 0 aliphatic carbocycles. The summed E-state index contributed by atoms with van der Waals surface area (Å²) < 4.78 is 32.2. The van der Waals surface area contributed by atoms with Crippen LogP contribution in [-0.2, 0) is 32.0 Å². The number of aliphatic carboxylic acids is 1. The van der Waals surface area contributed by atoms with Crippen molar-refractivity contribution in [3.05, 3.63) is 65.2 Å². The first kappa shape index (κ1) is 24.4. The summed E-state index contributed by atoms with van der Waals surface area (Å²) in [4.78, 5) is 38.6. The Balaban J connectivity index is 1.81. The number of amides is 1. The SMILES string of the molecule is CCOC(=O)C(CCc1ccc(F)cc1)C[C@H]1CCc2cc(F)ccc2N(CC(=O)O)C1=O. The number of carboxylic acids is 1. The lowest BCUT2D eigenvalue weighted by molar-refractivity contribution is -0.149. The van der Waals surface area contributed by atoms with Crippen molar-refractivity contribution in [3.8, 4) is 0 Å². The lowest BCUT2D eigenvalue weighted by Gasteiger charge is -2.26. The molecule has 8 heteroatoms. The maximum absolute atomic E-state index is 13.8. The standard InChI is InChI=1S/C25H27F2NO5/c1-2-33-25(32)19(6-3-16-4-9-20(26)10-5-16)13-18-8-7-17-14-21(27)11-12-22(17)28(24(18)31)15-23(29)30/h4-5,9-12,14,18-19H,2-3,6-8,13,15H2,1H3,(H,29,30)/t18-,19?/m1/s1. The van der Waals surface area contributed by atoms with Crippen molar-refractivity contribution >= 4 is 23.5 Å². The van der Waals surface area contributed by atoms with Crippen LogP contribution in [0.2, 0.25) is 0 Å². The van der Waals surface area contributed by atoms with E-state index in [4.69, 9.17) is 4.74 Å². The number of rotatable bonds is 9. The van der Waals surface area contributed by atoms with E-state index in [1.165, 1.54) is 30.3 Å². The van der Waals surface area contributed by atoms with Gasteiger partial charge in [-0.25, -0.2) is 8.78 Å². The molecule has 1 heterocycles. The highest BCUT2D eigenvalue weighted by Gasteiger charge is 2.35. The average molecular weight is 459 g/mol. The number of halogens is 2. The number of aryl methyl sites for hydroxylation is 2. The van der Waals surface area contributed by atoms with Crippen LogP contribution >= 0.6 is 0 Å². The molecule has 0 fully saturated rings. The van der Waals surface area contributed by atoms with Crippen molar-refractivity contribution in [1.29, 1.82) is 0 Å². The normalized spacial score (nSPS) is 16.6. The van der Waals surface area contributed by atoms with Gasteiger partial charge in [0.05, 0.1) is 12.5 Å². The lowest BCUT2D eigenvalue weighted by atomic mass is 9.86. The molecule has 1 N–H and O–H groups in total. The number of fused-ring (bicyclic) bond motifs is 1. The molecule has 1 amide bonds. The maximum Gasteiger partial charge on any atom is 0.323 e. The lowest BCUT2D eigenvalue weighted by Crippen LogP contribution is -2.40. The first-order valence-corrected chi connectivity index (χ1v) is 11.0. The third kappa shape index (κ3) is 6.37. The van der Waals surface area contributed by atoms with Gasteiger partial charge in [0.15, 0.2) is 0 Å². The number of carbonyl (C=O) groups excluding carboxylic acids is 2. The summed E-state index contributed by atoms with van der Waals surface area (Å²) in [6.45, 7) is 1.35. The Kier molecular flexibility index (Phi) is 8.14. The van der Waals surface area contributed by atoms with Crippen molar-refractivity contribution in [2.45, 2.75) is 39.0 Å². The summed E-state index contributed by atoms with van der Waals surface area (Å²) in [7, 11) is 0. The van der Waals surface area contributed by atoms with E-state index in [1.54, 1.807) is 19.1 Å². The molecule has 3 rings (SSSR count). The molecule has 33 heavy (non-hydrogen) atoms. The molecule has 2 atom stereocenters. The van der Waals surface area contributed by atoms with E-state index in [2.05, 4.69) is 0 Å². The highest BCUT2D eigenvalue weighted by atomic mass is 19.1. The largest absolute Gasteiger partial charge is 0.480 e. The van der Waals surface area contributed by atoms with E-state index < -0.39 is 42.0 Å². The van der Waals surface area contributed by atoms with E-state index in [0.29, 0.717) is 36.9 Å². The molecule has 2 aromatic carbocycles. The Morgan fingerprint density at radius 2 is 1.85 bits per heavy atom. The molecular formula is C25H27F2NO5. The number of hydrogen-bond acceptors (Lipinski definition) is 4. The fourth-order valence-corrected chi connectivity index (χ4v) is 4.25. The van der Waals surface area contributed by atoms with Crippen LogP contribution in [0.4, 0.5) is 14.5 Å². The van der Waals surface area contributed by atoms with Crippen molar-refractivity contribution in [3.63, 3.8) is 0 Å². The molecule has 176 valence electrons. The smallest absolute Gasteiger partial charge is 0.323 e. The zero-order valence-electron chi connectivity index (χ0n) is 18.4. The molecule has 0 saturated carbocycles. The topological polar surface area (TPSA) is 83.9 Å². The summed E-state index contributed by atoms with van der Waals surface area (Å²) in [6, 6.07) is 9.93. The number of benzene rings is 2. The third-order valence-corrected chi connectivity index (χ3v) is 5.89. The van der Waals surface area contributed by atoms with Crippen LogP contribution in [-0.4, -0.2) is 36.1 Å². The quantitative estimate of drug-likeness (QED) is 0.570. The Hall–Kier alpha value is -3.29. The van der Waals surface area contributed by atoms with Crippen molar-refractivity contribution in [1.82, 2.24) is 0 Å². The Bertz CT molecular complexity index is 1010. The van der Waals surface area contributed by atoms with Gasteiger partial charge in [0, 0.05) is 11.6 Å². The second-order valence-corrected chi connectivity index (χ2v) is 8.18. The van der Waals surface area contributed by atoms with E-state index in [0.717, 1.165) is 10.5 Å². The van der Waals surface area contributed by atoms with Gasteiger partial charge in [0.25, 0.3) is 0 Å². The summed E-state index contributed by atoms with van der Waals surface area (Å²) in [5, 5.41) is 9.34. The van der Waals surface area contributed by atoms with E-state index in [1.807, 2.05) is 0 Å². The van der Waals surface area contributed by atoms with Gasteiger partial charge in [-0.1, -0.05) is 12.1 Å². The molecule has 1 aliphatic heterocycles. The second kappa shape index (κ2) is 11.0. The number of carbonyl (C=O) groups is 3. The minimum Gasteiger partial charge on any atom is -0.480 e. The molecule has 0 aromatic heterocycles. The predicted octanol–water partition coefficient (Wildman–Crippen LogP) is 4.15. The fraction of sp³-hybridized carbons (Fsp3) is 0.400. The first-order chi connectivity index (χ1) is 15.8. The van der Waals surface area contributed by atoms with E-state index in [9.17, 15) is 28.3 Å². The summed E-state index contributed by atoms with van der Waals surface area (Å²) in [5.41, 5.74) is 1.80. The van der Waals surface area contributed by atoms with Gasteiger partial charge in [-0.05, 0) is 80.5 Å². The average Bonchev–Trinajstić information content (AvgIpc) is 2.89. The van der Waals surface area contributed by atoms with Gasteiger partial charge >= 0.3 is 11.9 Å². The number of ether oxygens (including phenoxy) is 1. The van der Waals surface area contributed by atoms with Gasteiger partial charge in [0.1, 0.15) is 18.2 Å². The third-order valence-electron chi connectivity index (χ3n) is 5.89. The van der Waals surface area contributed by atoms with E-state index >= 15 is 0 Å². The Labute approximate surface area is 191 Å². The predicted molar refractivity (Wildman–Crippen MR) is 118 cm³/mol. The molecule has 1 unspecified atom stereocenters. The summed E-state index contributed by atoms with van der Waals surface area (Å²) in [5.74, 6) is -4.03. The molecule has 0 saturated heterocycles. The monoisotopic (exact) mass is 459 g/mol. The minimum absolute atomic E-state index is 0.186. The second-order valence-electron chi connectivity index (χ2n) is 8.18.